The molecule has 21 heavy (non-hydrogen) atoms. The number of nitrogens with zero attached hydrogens (tertiary/aromatic N) is 4. The van der Waals surface area contributed by atoms with Gasteiger partial charge in [-0.25, -0.2) is 0 Å². The number of anilines is 1. The number of methoxy groups -OCH3 is 1. The molecule has 1 unspecified atom stereocenters. The molecule has 0 amide bonds. The van der Waals surface area contributed by atoms with Crippen LogP contribution in [0, 0.1) is 0 Å². The largest absolute Gasteiger partial charge is 0.497 e. The summed E-state index contributed by atoms with van der Waals surface area (Å²) in [5.74, 6) is 0.807. The zero-order valence-electron chi connectivity index (χ0n) is 11.5. The molecule has 2 aromatic carbocycles. The standard InChI is InChI=1S/C15H15N5O/c1-21-14-8-4-12(5-9-14)15(20-18-10-17-19-20)11-2-6-13(16)7-3-11/h2-10,15H,16H2,1H3. The van der Waals surface area contributed by atoms with Crippen molar-refractivity contribution in [2.75, 3.05) is 12.8 Å². The third-order valence-corrected chi connectivity index (χ3v) is 3.28. The molecule has 0 fully saturated rings. The zero-order chi connectivity index (χ0) is 14.7. The van der Waals surface area contributed by atoms with E-state index < -0.39 is 0 Å². The third kappa shape index (κ3) is 2.69. The Kier molecular flexibility index (Phi) is 3.51. The Morgan fingerprint density at radius 3 is 2.14 bits per heavy atom. The van der Waals surface area contributed by atoms with Crippen molar-refractivity contribution in [2.24, 2.45) is 0 Å². The highest BCUT2D eigenvalue weighted by atomic mass is 16.5. The second kappa shape index (κ2) is 5.62. The van der Waals surface area contributed by atoms with Crippen molar-refractivity contribution in [3.8, 4) is 5.75 Å². The molecule has 0 radical (unpaired) electrons. The van der Waals surface area contributed by atoms with Crippen LogP contribution in [0.15, 0.2) is 54.9 Å². The average Bonchev–Trinajstić information content (AvgIpc) is 3.04. The minimum absolute atomic E-state index is 0.154. The fourth-order valence-corrected chi connectivity index (χ4v) is 2.22. The molecule has 0 saturated heterocycles. The Hall–Kier alpha value is -2.89. The van der Waals surface area contributed by atoms with Crippen LogP contribution >= 0.6 is 0 Å². The maximum Gasteiger partial charge on any atom is 0.162 e. The first-order valence-corrected chi connectivity index (χ1v) is 6.50. The monoisotopic (exact) mass is 281 g/mol. The van der Waals surface area contributed by atoms with Crippen LogP contribution in [0.4, 0.5) is 5.69 Å². The van der Waals surface area contributed by atoms with Crippen LogP contribution in [-0.2, 0) is 0 Å². The molecular formula is C15H15N5O. The quantitative estimate of drug-likeness (QED) is 0.739. The van der Waals surface area contributed by atoms with Crippen LogP contribution in [0.3, 0.4) is 0 Å². The molecule has 0 bridgehead atoms. The van der Waals surface area contributed by atoms with Crippen molar-refractivity contribution >= 4 is 5.69 Å². The summed E-state index contributed by atoms with van der Waals surface area (Å²) in [4.78, 5) is 1.58. The topological polar surface area (TPSA) is 78.9 Å². The summed E-state index contributed by atoms with van der Waals surface area (Å²) in [6, 6.07) is 15.3. The molecule has 0 aliphatic rings. The van der Waals surface area contributed by atoms with Gasteiger partial charge in [0.25, 0.3) is 0 Å². The first-order valence-electron chi connectivity index (χ1n) is 6.50. The van der Waals surface area contributed by atoms with Gasteiger partial charge in [0.1, 0.15) is 11.8 Å². The molecule has 2 N–H and O–H groups in total. The van der Waals surface area contributed by atoms with Gasteiger partial charge in [-0.15, -0.1) is 10.2 Å². The summed E-state index contributed by atoms with van der Waals surface area (Å²) < 4.78 is 5.19. The lowest BCUT2D eigenvalue weighted by Crippen LogP contribution is -2.15. The summed E-state index contributed by atoms with van der Waals surface area (Å²) in [5.41, 5.74) is 8.55. The van der Waals surface area contributed by atoms with E-state index >= 15 is 0 Å². The second-order valence-corrected chi connectivity index (χ2v) is 4.60. The van der Waals surface area contributed by atoms with Crippen molar-refractivity contribution < 1.29 is 4.74 Å². The maximum absolute atomic E-state index is 5.76. The maximum atomic E-state index is 5.76. The van der Waals surface area contributed by atoms with Crippen molar-refractivity contribution in [2.45, 2.75) is 6.04 Å². The zero-order valence-corrected chi connectivity index (χ0v) is 11.5. The molecule has 106 valence electrons. The lowest BCUT2D eigenvalue weighted by Gasteiger charge is -2.17. The lowest BCUT2D eigenvalue weighted by molar-refractivity contribution is 0.414. The molecule has 1 aromatic heterocycles. The average molecular weight is 281 g/mol. The van der Waals surface area contributed by atoms with Crippen molar-refractivity contribution in [3.63, 3.8) is 0 Å². The smallest absolute Gasteiger partial charge is 0.162 e. The summed E-state index contributed by atoms with van der Waals surface area (Å²) in [7, 11) is 1.64. The Morgan fingerprint density at radius 2 is 1.62 bits per heavy atom. The second-order valence-electron chi connectivity index (χ2n) is 4.60. The number of hydrogen-bond acceptors (Lipinski definition) is 5. The van der Waals surface area contributed by atoms with E-state index in [1.54, 1.807) is 11.9 Å². The van der Waals surface area contributed by atoms with Crippen LogP contribution < -0.4 is 10.5 Å². The fraction of sp³-hybridized carbons (Fsp3) is 0.133. The molecule has 6 nitrogen and oxygen atoms in total. The summed E-state index contributed by atoms with van der Waals surface area (Å²) >= 11 is 0. The van der Waals surface area contributed by atoms with Crippen molar-refractivity contribution in [3.05, 3.63) is 66.0 Å². The number of rotatable bonds is 4. The van der Waals surface area contributed by atoms with Crippen molar-refractivity contribution in [1.29, 1.82) is 0 Å². The number of nitrogen functional groups attached to an aromatic ring is 1. The lowest BCUT2D eigenvalue weighted by atomic mass is 9.99. The third-order valence-electron chi connectivity index (χ3n) is 3.28. The number of hydrogen-bond donors (Lipinski definition) is 1. The molecule has 6 heteroatoms. The van der Waals surface area contributed by atoms with E-state index in [4.69, 9.17) is 10.5 Å². The van der Waals surface area contributed by atoms with Crippen molar-refractivity contribution in [1.82, 2.24) is 20.2 Å². The van der Waals surface area contributed by atoms with E-state index in [1.807, 2.05) is 48.5 Å². The Morgan fingerprint density at radius 1 is 1.00 bits per heavy atom. The molecule has 1 atom stereocenters. The molecule has 3 rings (SSSR count). The number of ether oxygens (including phenoxy) is 1. The van der Waals surface area contributed by atoms with E-state index in [2.05, 4.69) is 15.4 Å². The SMILES string of the molecule is COc1ccc(C(c2ccc(N)cc2)n2ncnn2)cc1. The normalized spacial score (nSPS) is 12.0. The Labute approximate surface area is 122 Å². The van der Waals surface area contributed by atoms with E-state index in [1.165, 1.54) is 6.33 Å². The highest BCUT2D eigenvalue weighted by Crippen LogP contribution is 2.27. The summed E-state index contributed by atoms with van der Waals surface area (Å²) in [5, 5.41) is 12.0. The van der Waals surface area contributed by atoms with E-state index in [0.29, 0.717) is 0 Å². The van der Waals surface area contributed by atoms with Crippen LogP contribution in [0.1, 0.15) is 17.2 Å². The van der Waals surface area contributed by atoms with Crippen LogP contribution in [-0.4, -0.2) is 27.3 Å². The van der Waals surface area contributed by atoms with Gasteiger partial charge in [0.2, 0.25) is 0 Å². The fourth-order valence-electron chi connectivity index (χ4n) is 2.22. The Bertz CT molecular complexity index is 692. The van der Waals surface area contributed by atoms with E-state index in [9.17, 15) is 0 Å². The van der Waals surface area contributed by atoms with Crippen LogP contribution in [0.5, 0.6) is 5.75 Å². The minimum Gasteiger partial charge on any atom is -0.497 e. The van der Waals surface area contributed by atoms with Gasteiger partial charge in [0.15, 0.2) is 6.33 Å². The molecule has 0 spiro atoms. The predicted molar refractivity (Wildman–Crippen MR) is 78.9 cm³/mol. The van der Waals surface area contributed by atoms with Gasteiger partial charge in [-0.05, 0) is 40.6 Å². The molecule has 3 aromatic rings. The molecule has 0 aliphatic carbocycles. The predicted octanol–water partition coefficient (Wildman–Crippen LogP) is 1.90. The molecule has 0 saturated carbocycles. The summed E-state index contributed by atoms with van der Waals surface area (Å²) in [6.45, 7) is 0. The highest BCUT2D eigenvalue weighted by Gasteiger charge is 2.18. The van der Waals surface area contributed by atoms with Gasteiger partial charge in [-0.3, -0.25) is 0 Å². The van der Waals surface area contributed by atoms with Gasteiger partial charge in [0, 0.05) is 5.69 Å². The van der Waals surface area contributed by atoms with Gasteiger partial charge in [-0.1, -0.05) is 24.3 Å². The first-order chi connectivity index (χ1) is 10.3. The number of nitrogens with two attached hydrogens (primary N) is 1. The molecular weight excluding hydrogens is 266 g/mol. The first kappa shape index (κ1) is 13.1. The number of aromatic nitrogens is 4. The molecule has 1 heterocycles. The van der Waals surface area contributed by atoms with Gasteiger partial charge in [0.05, 0.1) is 7.11 Å². The Balaban J connectivity index is 2.05. The van der Waals surface area contributed by atoms with Crippen LogP contribution in [0.25, 0.3) is 0 Å². The highest BCUT2D eigenvalue weighted by molar-refractivity contribution is 5.43. The van der Waals surface area contributed by atoms with Gasteiger partial charge in [-0.2, -0.15) is 4.80 Å². The van der Waals surface area contributed by atoms with Gasteiger partial charge < -0.3 is 10.5 Å². The summed E-state index contributed by atoms with van der Waals surface area (Å²) in [6.07, 6.45) is 1.42. The molecule has 0 aliphatic heterocycles. The van der Waals surface area contributed by atoms with E-state index in [0.717, 1.165) is 22.6 Å². The van der Waals surface area contributed by atoms with Gasteiger partial charge >= 0.3 is 0 Å². The number of tetrazole rings is 1. The minimum atomic E-state index is -0.154. The number of benzene rings is 2. The van der Waals surface area contributed by atoms with Crippen LogP contribution in [0.2, 0.25) is 0 Å². The van der Waals surface area contributed by atoms with E-state index in [-0.39, 0.29) is 6.04 Å².